The summed E-state index contributed by atoms with van der Waals surface area (Å²) in [6.45, 7) is 6.86. The van der Waals surface area contributed by atoms with Crippen LogP contribution < -0.4 is 11.1 Å². The maximum absolute atomic E-state index is 11.1. The van der Waals surface area contributed by atoms with Crippen LogP contribution in [-0.2, 0) is 15.6 Å². The summed E-state index contributed by atoms with van der Waals surface area (Å²) in [6.07, 6.45) is 2.56. The Kier molecular flexibility index (Phi) is 5.34. The van der Waals surface area contributed by atoms with E-state index in [-0.39, 0.29) is 0 Å². The Bertz CT molecular complexity index is 460. The van der Waals surface area contributed by atoms with Crippen molar-refractivity contribution in [3.8, 4) is 0 Å². The molecule has 1 aliphatic heterocycles. The van der Waals surface area contributed by atoms with Gasteiger partial charge in [0.15, 0.2) is 8.38 Å². The van der Waals surface area contributed by atoms with Crippen molar-refractivity contribution in [1.82, 2.24) is 9.55 Å². The van der Waals surface area contributed by atoms with Crippen LogP contribution in [-0.4, -0.2) is 41.4 Å². The van der Waals surface area contributed by atoms with Crippen LogP contribution in [0.4, 0.5) is 5.95 Å². The summed E-state index contributed by atoms with van der Waals surface area (Å²) in [5.74, 6) is 0.588. The Morgan fingerprint density at radius 3 is 2.85 bits per heavy atom. The van der Waals surface area contributed by atoms with Crippen LogP contribution in [0.15, 0.2) is 6.20 Å². The van der Waals surface area contributed by atoms with Gasteiger partial charge in [-0.1, -0.05) is 0 Å². The summed E-state index contributed by atoms with van der Waals surface area (Å²) in [4.78, 5) is 15.3. The zero-order valence-electron chi connectivity index (χ0n) is 11.8. The molecule has 1 atom stereocenters. The SMILES string of the molecule is CCOP(CC1CNc2nc(C(N)=O)cn2C1)OCC. The number of hydrogen-bond donors (Lipinski definition) is 2. The summed E-state index contributed by atoms with van der Waals surface area (Å²) in [5.41, 5.74) is 5.54. The van der Waals surface area contributed by atoms with E-state index < -0.39 is 14.3 Å². The molecule has 20 heavy (non-hydrogen) atoms. The first kappa shape index (κ1) is 15.2. The molecule has 2 rings (SSSR count). The lowest BCUT2D eigenvalue weighted by atomic mass is 10.1. The number of anilines is 1. The van der Waals surface area contributed by atoms with E-state index in [1.807, 2.05) is 18.4 Å². The maximum atomic E-state index is 11.1. The number of nitrogens with zero attached hydrogens (tertiary/aromatic N) is 2. The smallest absolute Gasteiger partial charge is 0.268 e. The molecule has 0 radical (unpaired) electrons. The molecule has 1 aromatic heterocycles. The molecule has 112 valence electrons. The fourth-order valence-electron chi connectivity index (χ4n) is 2.16. The molecule has 0 spiro atoms. The zero-order valence-corrected chi connectivity index (χ0v) is 12.7. The molecule has 0 bridgehead atoms. The average Bonchev–Trinajstić information content (AvgIpc) is 2.82. The monoisotopic (exact) mass is 300 g/mol. The number of amides is 1. The van der Waals surface area contributed by atoms with Crippen molar-refractivity contribution in [1.29, 1.82) is 0 Å². The van der Waals surface area contributed by atoms with Crippen molar-refractivity contribution in [2.45, 2.75) is 20.4 Å². The number of nitrogens with one attached hydrogen (secondary N) is 1. The minimum Gasteiger partial charge on any atom is -0.364 e. The van der Waals surface area contributed by atoms with Crippen LogP contribution in [0.2, 0.25) is 0 Å². The quantitative estimate of drug-likeness (QED) is 0.743. The topological polar surface area (TPSA) is 91.4 Å². The first-order valence-corrected chi connectivity index (χ1v) is 8.14. The number of nitrogens with two attached hydrogens (primary N) is 1. The summed E-state index contributed by atoms with van der Waals surface area (Å²) in [5, 5.41) is 3.22. The molecular formula is C12H21N4O3P. The molecule has 3 N–H and O–H groups in total. The third kappa shape index (κ3) is 3.69. The van der Waals surface area contributed by atoms with Gasteiger partial charge >= 0.3 is 0 Å². The molecule has 1 aliphatic rings. The van der Waals surface area contributed by atoms with Crippen molar-refractivity contribution in [2.75, 3.05) is 31.2 Å². The highest BCUT2D eigenvalue weighted by Crippen LogP contribution is 2.41. The van der Waals surface area contributed by atoms with Crippen molar-refractivity contribution in [3.63, 3.8) is 0 Å². The standard InChI is InChI=1S/C12H21N4O3P/c1-3-18-20(19-4-2)8-9-5-14-12-15-10(11(13)17)7-16(12)6-9/h7,9H,3-6,8H2,1-2H3,(H2,13,17)(H,14,15). The number of primary amides is 1. The van der Waals surface area contributed by atoms with Crippen molar-refractivity contribution in [3.05, 3.63) is 11.9 Å². The Hall–Kier alpha value is -1.17. The molecule has 0 saturated heterocycles. The molecule has 8 heteroatoms. The Morgan fingerprint density at radius 2 is 2.25 bits per heavy atom. The minimum absolute atomic E-state index is 0.296. The number of aromatic nitrogens is 2. The molecule has 0 fully saturated rings. The lowest BCUT2D eigenvalue weighted by Gasteiger charge is -2.27. The normalized spacial score (nSPS) is 17.9. The summed E-state index contributed by atoms with van der Waals surface area (Å²) >= 11 is 0. The van der Waals surface area contributed by atoms with Gasteiger partial charge in [0.2, 0.25) is 5.95 Å². The average molecular weight is 300 g/mol. The lowest BCUT2D eigenvalue weighted by molar-refractivity contribution is 0.0996. The molecule has 1 amide bonds. The van der Waals surface area contributed by atoms with E-state index in [2.05, 4.69) is 10.3 Å². The molecule has 7 nitrogen and oxygen atoms in total. The van der Waals surface area contributed by atoms with Gasteiger partial charge in [-0.3, -0.25) is 4.79 Å². The van der Waals surface area contributed by atoms with Crippen LogP contribution >= 0.6 is 8.38 Å². The highest BCUT2D eigenvalue weighted by Gasteiger charge is 2.24. The molecule has 2 heterocycles. The fraction of sp³-hybridized carbons (Fsp3) is 0.667. The molecule has 1 unspecified atom stereocenters. The number of hydrogen-bond acceptors (Lipinski definition) is 5. The van der Waals surface area contributed by atoms with Crippen molar-refractivity contribution < 1.29 is 13.8 Å². The number of rotatable bonds is 7. The van der Waals surface area contributed by atoms with E-state index >= 15 is 0 Å². The van der Waals surface area contributed by atoms with Crippen molar-refractivity contribution in [2.24, 2.45) is 11.7 Å². The number of fused-ring (bicyclic) bond motifs is 1. The second kappa shape index (κ2) is 7.02. The van der Waals surface area contributed by atoms with Gasteiger partial charge in [0.05, 0.1) is 13.2 Å². The zero-order chi connectivity index (χ0) is 14.5. The Morgan fingerprint density at radius 1 is 1.55 bits per heavy atom. The highest BCUT2D eigenvalue weighted by atomic mass is 31.2. The second-order valence-electron chi connectivity index (χ2n) is 4.56. The summed E-state index contributed by atoms with van der Waals surface area (Å²) in [7, 11) is -0.844. The van der Waals surface area contributed by atoms with Crippen LogP contribution in [0, 0.1) is 5.92 Å². The van der Waals surface area contributed by atoms with Gasteiger partial charge in [0.1, 0.15) is 5.69 Å². The van der Waals surface area contributed by atoms with Crippen LogP contribution in [0.3, 0.4) is 0 Å². The van der Waals surface area contributed by atoms with Gasteiger partial charge in [-0.25, -0.2) is 4.98 Å². The Balaban J connectivity index is 1.97. The molecule has 1 aromatic rings. The number of imidazole rings is 1. The van der Waals surface area contributed by atoms with Gasteiger partial charge in [-0.15, -0.1) is 0 Å². The first-order chi connectivity index (χ1) is 9.63. The molecule has 0 aliphatic carbocycles. The van der Waals surface area contributed by atoms with Crippen molar-refractivity contribution >= 4 is 20.2 Å². The van der Waals surface area contributed by atoms with E-state index in [0.29, 0.717) is 30.8 Å². The Labute approximate surface area is 119 Å². The van der Waals surface area contributed by atoms with Gasteiger partial charge < -0.3 is 24.7 Å². The van der Waals surface area contributed by atoms with E-state index in [1.165, 1.54) is 0 Å². The van der Waals surface area contributed by atoms with Gasteiger partial charge in [-0.2, -0.15) is 0 Å². The number of carbonyl (C=O) groups is 1. The fourth-order valence-corrected chi connectivity index (χ4v) is 3.68. The number of carbonyl (C=O) groups excluding carboxylic acids is 1. The van der Waals surface area contributed by atoms with Crippen LogP contribution in [0.5, 0.6) is 0 Å². The predicted molar refractivity (Wildman–Crippen MR) is 77.8 cm³/mol. The molecule has 0 saturated carbocycles. The predicted octanol–water partition coefficient (Wildman–Crippen LogP) is 1.41. The summed E-state index contributed by atoms with van der Waals surface area (Å²) in [6, 6.07) is 0. The van der Waals surface area contributed by atoms with Crippen LogP contribution in [0.1, 0.15) is 24.3 Å². The highest BCUT2D eigenvalue weighted by molar-refractivity contribution is 7.47. The molecule has 0 aromatic carbocycles. The third-order valence-corrected chi connectivity index (χ3v) is 4.89. The maximum Gasteiger partial charge on any atom is 0.268 e. The summed E-state index contributed by atoms with van der Waals surface area (Å²) < 4.78 is 13.2. The van der Waals surface area contributed by atoms with Gasteiger partial charge in [0.25, 0.3) is 5.91 Å². The second-order valence-corrected chi connectivity index (χ2v) is 6.11. The minimum atomic E-state index is -0.844. The van der Waals surface area contributed by atoms with E-state index in [9.17, 15) is 4.79 Å². The third-order valence-electron chi connectivity index (χ3n) is 2.99. The van der Waals surface area contributed by atoms with E-state index in [1.54, 1.807) is 6.20 Å². The van der Waals surface area contributed by atoms with Gasteiger partial charge in [0, 0.05) is 31.4 Å². The van der Waals surface area contributed by atoms with Crippen LogP contribution in [0.25, 0.3) is 0 Å². The lowest BCUT2D eigenvalue weighted by Crippen LogP contribution is -2.29. The van der Waals surface area contributed by atoms with E-state index in [4.69, 9.17) is 14.8 Å². The molecular weight excluding hydrogens is 279 g/mol. The van der Waals surface area contributed by atoms with E-state index in [0.717, 1.165) is 19.3 Å². The first-order valence-electron chi connectivity index (χ1n) is 6.78. The van der Waals surface area contributed by atoms with Gasteiger partial charge in [-0.05, 0) is 13.8 Å². The largest absolute Gasteiger partial charge is 0.364 e.